The Hall–Kier alpha value is -0.0300. The third kappa shape index (κ3) is 2.47. The van der Waals surface area contributed by atoms with Gasteiger partial charge in [0.15, 0.2) is 0 Å². The molecule has 72 valence electrons. The van der Waals surface area contributed by atoms with E-state index in [9.17, 15) is 8.78 Å². The number of halogens is 4. The highest BCUT2D eigenvalue weighted by Crippen LogP contribution is 2.29. The highest BCUT2D eigenvalue weighted by atomic mass is 79.9. The standard InChI is InChI=1S/C8H7Br2F2N/c1-4-2-5(3-9)13-7(6(4)10)8(11)12/h2,8H,3H2,1H3. The summed E-state index contributed by atoms with van der Waals surface area (Å²) < 4.78 is 25.2. The minimum Gasteiger partial charge on any atom is -0.250 e. The molecule has 1 aromatic heterocycles. The lowest BCUT2D eigenvalue weighted by atomic mass is 10.2. The summed E-state index contributed by atoms with van der Waals surface area (Å²) >= 11 is 6.26. The molecule has 0 unspecified atom stereocenters. The Morgan fingerprint density at radius 1 is 1.54 bits per heavy atom. The maximum atomic E-state index is 12.4. The largest absolute Gasteiger partial charge is 0.281 e. The predicted octanol–water partition coefficient (Wildman–Crippen LogP) is 3.99. The normalized spacial score (nSPS) is 10.9. The van der Waals surface area contributed by atoms with Gasteiger partial charge in [-0.1, -0.05) is 15.9 Å². The second kappa shape index (κ2) is 4.46. The van der Waals surface area contributed by atoms with Gasteiger partial charge < -0.3 is 0 Å². The van der Waals surface area contributed by atoms with E-state index in [-0.39, 0.29) is 5.69 Å². The lowest BCUT2D eigenvalue weighted by Gasteiger charge is -2.07. The smallest absolute Gasteiger partial charge is 0.250 e. The summed E-state index contributed by atoms with van der Waals surface area (Å²) in [6, 6.07) is 1.77. The molecule has 0 aromatic carbocycles. The monoisotopic (exact) mass is 313 g/mol. The summed E-state index contributed by atoms with van der Waals surface area (Å²) in [5.41, 5.74) is 1.21. The quantitative estimate of drug-likeness (QED) is 0.752. The summed E-state index contributed by atoms with van der Waals surface area (Å²) in [4.78, 5) is 3.81. The Bertz CT molecular complexity index is 315. The summed E-state index contributed by atoms with van der Waals surface area (Å²) in [5.74, 6) is 0. The molecule has 0 saturated heterocycles. The van der Waals surface area contributed by atoms with Crippen molar-refractivity contribution in [3.05, 3.63) is 27.5 Å². The topological polar surface area (TPSA) is 12.9 Å². The first-order valence-corrected chi connectivity index (χ1v) is 5.47. The van der Waals surface area contributed by atoms with E-state index in [1.807, 2.05) is 0 Å². The Labute approximate surface area is 91.8 Å². The molecule has 0 N–H and O–H groups in total. The molecule has 0 saturated carbocycles. The van der Waals surface area contributed by atoms with Crippen LogP contribution >= 0.6 is 31.9 Å². The van der Waals surface area contributed by atoms with Gasteiger partial charge in [0.1, 0.15) is 5.69 Å². The lowest BCUT2D eigenvalue weighted by molar-refractivity contribution is 0.145. The molecule has 0 aliphatic heterocycles. The van der Waals surface area contributed by atoms with Crippen molar-refractivity contribution in [2.75, 3.05) is 0 Å². The van der Waals surface area contributed by atoms with Crippen molar-refractivity contribution in [1.82, 2.24) is 4.98 Å². The van der Waals surface area contributed by atoms with Crippen LogP contribution in [0.4, 0.5) is 8.78 Å². The molecule has 0 bridgehead atoms. The van der Waals surface area contributed by atoms with Crippen LogP contribution in [0.3, 0.4) is 0 Å². The van der Waals surface area contributed by atoms with Crippen molar-refractivity contribution in [1.29, 1.82) is 0 Å². The zero-order chi connectivity index (χ0) is 10.0. The summed E-state index contributed by atoms with van der Waals surface area (Å²) in [7, 11) is 0. The molecule has 1 aromatic rings. The number of alkyl halides is 3. The van der Waals surface area contributed by atoms with Gasteiger partial charge in [0.25, 0.3) is 6.43 Å². The fourth-order valence-electron chi connectivity index (χ4n) is 0.964. The number of aromatic nitrogens is 1. The second-order valence-corrected chi connectivity index (χ2v) is 3.92. The van der Waals surface area contributed by atoms with Crippen LogP contribution in [0.5, 0.6) is 0 Å². The average Bonchev–Trinajstić information content (AvgIpc) is 2.09. The van der Waals surface area contributed by atoms with E-state index in [0.29, 0.717) is 15.5 Å². The van der Waals surface area contributed by atoms with Crippen molar-refractivity contribution in [2.24, 2.45) is 0 Å². The fraction of sp³-hybridized carbons (Fsp3) is 0.375. The molecule has 1 nitrogen and oxygen atoms in total. The van der Waals surface area contributed by atoms with Crippen LogP contribution in [-0.4, -0.2) is 4.98 Å². The zero-order valence-electron chi connectivity index (χ0n) is 6.82. The molecule has 0 amide bonds. The van der Waals surface area contributed by atoms with Crippen molar-refractivity contribution in [2.45, 2.75) is 18.7 Å². The maximum absolute atomic E-state index is 12.4. The molecule has 0 aliphatic carbocycles. The molecule has 1 rings (SSSR count). The minimum absolute atomic E-state index is 0.186. The van der Waals surface area contributed by atoms with Gasteiger partial charge in [-0.2, -0.15) is 0 Å². The molecule has 0 aliphatic rings. The molecular formula is C8H7Br2F2N. The van der Waals surface area contributed by atoms with E-state index in [2.05, 4.69) is 36.8 Å². The van der Waals surface area contributed by atoms with Crippen molar-refractivity contribution in [3.63, 3.8) is 0 Å². The van der Waals surface area contributed by atoms with Gasteiger partial charge >= 0.3 is 0 Å². The first-order chi connectivity index (χ1) is 6.06. The summed E-state index contributed by atoms with van der Waals surface area (Å²) in [6.45, 7) is 1.77. The van der Waals surface area contributed by atoms with Crippen LogP contribution in [0, 0.1) is 6.92 Å². The molecule has 0 radical (unpaired) electrons. The zero-order valence-corrected chi connectivity index (χ0v) is 9.99. The van der Waals surface area contributed by atoms with Gasteiger partial charge in [0, 0.05) is 9.80 Å². The van der Waals surface area contributed by atoms with E-state index in [1.165, 1.54) is 0 Å². The number of aryl methyl sites for hydroxylation is 1. The molecule has 5 heteroatoms. The predicted molar refractivity (Wildman–Crippen MR) is 54.3 cm³/mol. The van der Waals surface area contributed by atoms with E-state index in [1.54, 1.807) is 13.0 Å². The lowest BCUT2D eigenvalue weighted by Crippen LogP contribution is -1.98. The molecule has 1 heterocycles. The SMILES string of the molecule is Cc1cc(CBr)nc(C(F)F)c1Br. The van der Waals surface area contributed by atoms with Crippen LogP contribution in [0.25, 0.3) is 0 Å². The molecule has 0 fully saturated rings. The third-order valence-corrected chi connectivity index (χ3v) is 3.17. The Balaban J connectivity index is 3.25. The van der Waals surface area contributed by atoms with E-state index >= 15 is 0 Å². The van der Waals surface area contributed by atoms with Gasteiger partial charge in [-0.3, -0.25) is 0 Å². The molecular weight excluding hydrogens is 308 g/mol. The molecule has 13 heavy (non-hydrogen) atoms. The van der Waals surface area contributed by atoms with Crippen LogP contribution in [0.2, 0.25) is 0 Å². The highest BCUT2D eigenvalue weighted by molar-refractivity contribution is 9.10. The van der Waals surface area contributed by atoms with E-state index in [0.717, 1.165) is 5.56 Å². The minimum atomic E-state index is -2.54. The van der Waals surface area contributed by atoms with Gasteiger partial charge in [0.05, 0.1) is 5.69 Å². The Kier molecular flexibility index (Phi) is 3.79. The molecule has 0 atom stereocenters. The highest BCUT2D eigenvalue weighted by Gasteiger charge is 2.15. The second-order valence-electron chi connectivity index (χ2n) is 2.56. The van der Waals surface area contributed by atoms with Gasteiger partial charge in [-0.15, -0.1) is 0 Å². The summed E-state index contributed by atoms with van der Waals surface area (Å²) in [6.07, 6.45) is -2.54. The van der Waals surface area contributed by atoms with E-state index in [4.69, 9.17) is 0 Å². The van der Waals surface area contributed by atoms with Gasteiger partial charge in [-0.05, 0) is 34.5 Å². The fourth-order valence-corrected chi connectivity index (χ4v) is 1.63. The Morgan fingerprint density at radius 3 is 2.62 bits per heavy atom. The van der Waals surface area contributed by atoms with Crippen LogP contribution in [0.15, 0.2) is 10.5 Å². The molecule has 0 spiro atoms. The first-order valence-electron chi connectivity index (χ1n) is 3.56. The van der Waals surface area contributed by atoms with Crippen LogP contribution < -0.4 is 0 Å². The number of hydrogen-bond acceptors (Lipinski definition) is 1. The van der Waals surface area contributed by atoms with Gasteiger partial charge in [-0.25, -0.2) is 13.8 Å². The number of nitrogens with zero attached hydrogens (tertiary/aromatic N) is 1. The van der Waals surface area contributed by atoms with Crippen molar-refractivity contribution < 1.29 is 8.78 Å². The maximum Gasteiger partial charge on any atom is 0.281 e. The number of pyridine rings is 1. The number of rotatable bonds is 2. The van der Waals surface area contributed by atoms with Crippen LogP contribution in [0.1, 0.15) is 23.4 Å². The number of hydrogen-bond donors (Lipinski definition) is 0. The third-order valence-electron chi connectivity index (χ3n) is 1.56. The van der Waals surface area contributed by atoms with Crippen molar-refractivity contribution in [3.8, 4) is 0 Å². The van der Waals surface area contributed by atoms with Crippen molar-refractivity contribution >= 4 is 31.9 Å². The van der Waals surface area contributed by atoms with Crippen LogP contribution in [-0.2, 0) is 5.33 Å². The first kappa shape index (κ1) is 11.0. The van der Waals surface area contributed by atoms with Gasteiger partial charge in [0.2, 0.25) is 0 Å². The van der Waals surface area contributed by atoms with E-state index < -0.39 is 6.43 Å². The Morgan fingerprint density at radius 2 is 2.15 bits per heavy atom. The average molecular weight is 315 g/mol. The summed E-state index contributed by atoms with van der Waals surface area (Å²) in [5, 5.41) is 0.487.